The van der Waals surface area contributed by atoms with E-state index in [0.717, 1.165) is 34.7 Å². The molecule has 4 nitrogen and oxygen atoms in total. The van der Waals surface area contributed by atoms with Crippen LogP contribution in [0.25, 0.3) is 10.6 Å². The molecule has 0 atom stereocenters. The third-order valence-electron chi connectivity index (χ3n) is 2.83. The molecule has 5 heteroatoms. The molecule has 2 N–H and O–H groups in total. The second-order valence-electron chi connectivity index (χ2n) is 4.15. The number of aromatic nitrogens is 1. The van der Waals surface area contributed by atoms with Gasteiger partial charge in [0.25, 0.3) is 0 Å². The zero-order chi connectivity index (χ0) is 13.7. The number of hydrogen-bond donors (Lipinski definition) is 2. The van der Waals surface area contributed by atoms with E-state index in [1.807, 2.05) is 38.5 Å². The van der Waals surface area contributed by atoms with Gasteiger partial charge in [0.15, 0.2) is 0 Å². The minimum atomic E-state index is 0.415. The van der Waals surface area contributed by atoms with E-state index >= 15 is 0 Å². The van der Waals surface area contributed by atoms with Gasteiger partial charge in [-0.2, -0.15) is 0 Å². The molecule has 0 unspecified atom stereocenters. The van der Waals surface area contributed by atoms with Crippen molar-refractivity contribution in [1.29, 1.82) is 0 Å². The maximum atomic E-state index is 10.7. The molecule has 0 aliphatic rings. The van der Waals surface area contributed by atoms with Crippen molar-refractivity contribution in [2.24, 2.45) is 0 Å². The molecule has 0 bridgehead atoms. The van der Waals surface area contributed by atoms with Crippen molar-refractivity contribution in [2.45, 2.75) is 13.0 Å². The van der Waals surface area contributed by atoms with Crippen LogP contribution in [0, 0.1) is 0 Å². The summed E-state index contributed by atoms with van der Waals surface area (Å²) in [5.74, 6) is 0. The van der Waals surface area contributed by atoms with Crippen LogP contribution in [0.4, 0.5) is 5.69 Å². The summed E-state index contributed by atoms with van der Waals surface area (Å²) >= 11 is 1.67. The van der Waals surface area contributed by atoms with Gasteiger partial charge in [0, 0.05) is 42.3 Å². The Labute approximate surface area is 116 Å². The maximum Gasteiger partial charge on any atom is 0.124 e. The molecule has 0 radical (unpaired) electrons. The van der Waals surface area contributed by atoms with Gasteiger partial charge in [0.1, 0.15) is 11.3 Å². The van der Waals surface area contributed by atoms with Crippen molar-refractivity contribution >= 4 is 23.3 Å². The Hall–Kier alpha value is -1.72. The monoisotopic (exact) mass is 275 g/mol. The molecule has 2 rings (SSSR count). The Bertz CT molecular complexity index is 566. The number of anilines is 1. The quantitative estimate of drug-likeness (QED) is 0.794. The number of thiazole rings is 1. The highest BCUT2D eigenvalue weighted by molar-refractivity contribution is 7.15. The predicted molar refractivity (Wildman–Crippen MR) is 79.6 cm³/mol. The SMILES string of the molecule is CNCc1cnc(-c2ccc(NC)c(CC=O)c2)s1. The predicted octanol–water partition coefficient (Wildman–Crippen LogP) is 2.31. The maximum absolute atomic E-state index is 10.7. The number of nitrogens with zero attached hydrogens (tertiary/aromatic N) is 1. The molecule has 0 aliphatic carbocycles. The zero-order valence-electron chi connectivity index (χ0n) is 11.1. The smallest absolute Gasteiger partial charge is 0.124 e. The molecule has 1 heterocycles. The second-order valence-corrected chi connectivity index (χ2v) is 5.27. The van der Waals surface area contributed by atoms with Crippen molar-refractivity contribution in [2.75, 3.05) is 19.4 Å². The summed E-state index contributed by atoms with van der Waals surface area (Å²) < 4.78 is 0. The van der Waals surface area contributed by atoms with E-state index in [4.69, 9.17) is 0 Å². The van der Waals surface area contributed by atoms with Crippen molar-refractivity contribution < 1.29 is 4.79 Å². The minimum Gasteiger partial charge on any atom is -0.388 e. The first-order chi connectivity index (χ1) is 9.28. The lowest BCUT2D eigenvalue weighted by atomic mass is 10.1. The van der Waals surface area contributed by atoms with Gasteiger partial charge in [0.05, 0.1) is 0 Å². The van der Waals surface area contributed by atoms with Gasteiger partial charge >= 0.3 is 0 Å². The fraction of sp³-hybridized carbons (Fsp3) is 0.286. The largest absolute Gasteiger partial charge is 0.388 e. The Morgan fingerprint density at radius 3 is 2.89 bits per heavy atom. The van der Waals surface area contributed by atoms with Crippen LogP contribution in [0.2, 0.25) is 0 Å². The third kappa shape index (κ3) is 3.19. The molecular weight excluding hydrogens is 258 g/mol. The average Bonchev–Trinajstić information content (AvgIpc) is 2.88. The van der Waals surface area contributed by atoms with Gasteiger partial charge in [-0.25, -0.2) is 4.98 Å². The van der Waals surface area contributed by atoms with Crippen LogP contribution >= 0.6 is 11.3 Å². The molecule has 0 fully saturated rings. The van der Waals surface area contributed by atoms with Crippen LogP contribution in [-0.2, 0) is 17.8 Å². The number of aldehydes is 1. The zero-order valence-corrected chi connectivity index (χ0v) is 11.9. The summed E-state index contributed by atoms with van der Waals surface area (Å²) in [5, 5.41) is 7.20. The number of benzene rings is 1. The molecule has 0 saturated heterocycles. The molecule has 0 aliphatic heterocycles. The first-order valence-corrected chi connectivity index (χ1v) is 6.94. The standard InChI is InChI=1S/C14H17N3OS/c1-15-8-12-9-17-14(19-12)11-3-4-13(16-2)10(7-11)5-6-18/h3-4,6-7,9,15-16H,5,8H2,1-2H3. The van der Waals surface area contributed by atoms with Gasteiger partial charge in [-0.05, 0) is 30.8 Å². The fourth-order valence-electron chi connectivity index (χ4n) is 1.93. The van der Waals surface area contributed by atoms with E-state index in [-0.39, 0.29) is 0 Å². The van der Waals surface area contributed by atoms with Crippen molar-refractivity contribution in [3.05, 3.63) is 34.8 Å². The Morgan fingerprint density at radius 1 is 1.37 bits per heavy atom. The van der Waals surface area contributed by atoms with E-state index in [0.29, 0.717) is 6.42 Å². The van der Waals surface area contributed by atoms with Crippen molar-refractivity contribution in [3.63, 3.8) is 0 Å². The molecule has 0 saturated carbocycles. The summed E-state index contributed by atoms with van der Waals surface area (Å²) in [5.41, 5.74) is 3.05. The lowest BCUT2D eigenvalue weighted by molar-refractivity contribution is -0.107. The normalized spacial score (nSPS) is 10.4. The molecule has 1 aromatic heterocycles. The van der Waals surface area contributed by atoms with Crippen LogP contribution in [-0.4, -0.2) is 25.4 Å². The van der Waals surface area contributed by atoms with Crippen molar-refractivity contribution in [1.82, 2.24) is 10.3 Å². The number of carbonyl (C=O) groups is 1. The molecule has 0 amide bonds. The van der Waals surface area contributed by atoms with Gasteiger partial charge in [-0.15, -0.1) is 11.3 Å². The summed E-state index contributed by atoms with van der Waals surface area (Å²) in [4.78, 5) is 16.4. The second kappa shape index (κ2) is 6.45. The number of carbonyl (C=O) groups excluding carboxylic acids is 1. The summed E-state index contributed by atoms with van der Waals surface area (Å²) in [6.45, 7) is 0.827. The molecule has 19 heavy (non-hydrogen) atoms. The number of nitrogens with one attached hydrogen (secondary N) is 2. The van der Waals surface area contributed by atoms with E-state index in [2.05, 4.69) is 15.6 Å². The molecule has 2 aromatic rings. The van der Waals surface area contributed by atoms with Gasteiger partial charge in [0.2, 0.25) is 0 Å². The molecule has 1 aromatic carbocycles. The highest BCUT2D eigenvalue weighted by atomic mass is 32.1. The highest BCUT2D eigenvalue weighted by Crippen LogP contribution is 2.28. The molecule has 0 spiro atoms. The van der Waals surface area contributed by atoms with Gasteiger partial charge in [-0.3, -0.25) is 0 Å². The average molecular weight is 275 g/mol. The van der Waals surface area contributed by atoms with Crippen LogP contribution < -0.4 is 10.6 Å². The van der Waals surface area contributed by atoms with Gasteiger partial charge < -0.3 is 15.4 Å². The summed E-state index contributed by atoms with van der Waals surface area (Å²) in [6, 6.07) is 6.05. The lowest BCUT2D eigenvalue weighted by Crippen LogP contribution is -2.02. The third-order valence-corrected chi connectivity index (χ3v) is 3.88. The lowest BCUT2D eigenvalue weighted by Gasteiger charge is -2.08. The first kappa shape index (κ1) is 13.7. The van der Waals surface area contributed by atoms with E-state index in [1.54, 1.807) is 11.3 Å². The number of hydrogen-bond acceptors (Lipinski definition) is 5. The van der Waals surface area contributed by atoms with Gasteiger partial charge in [-0.1, -0.05) is 0 Å². The fourth-order valence-corrected chi connectivity index (χ4v) is 2.85. The van der Waals surface area contributed by atoms with Crippen LogP contribution in [0.3, 0.4) is 0 Å². The van der Waals surface area contributed by atoms with Crippen molar-refractivity contribution in [3.8, 4) is 10.6 Å². The van der Waals surface area contributed by atoms with E-state index < -0.39 is 0 Å². The molecule has 100 valence electrons. The molecular formula is C14H17N3OS. The van der Waals surface area contributed by atoms with Crippen LogP contribution in [0.5, 0.6) is 0 Å². The van der Waals surface area contributed by atoms with E-state index in [9.17, 15) is 4.79 Å². The Morgan fingerprint density at radius 2 is 2.21 bits per heavy atom. The highest BCUT2D eigenvalue weighted by Gasteiger charge is 2.08. The topological polar surface area (TPSA) is 54.0 Å². The number of rotatable bonds is 6. The van der Waals surface area contributed by atoms with E-state index in [1.165, 1.54) is 4.88 Å². The summed E-state index contributed by atoms with van der Waals surface area (Å²) in [6.07, 6.45) is 3.23. The minimum absolute atomic E-state index is 0.415. The Kier molecular flexibility index (Phi) is 4.65. The Balaban J connectivity index is 2.32. The van der Waals surface area contributed by atoms with Crippen LogP contribution in [0.15, 0.2) is 24.4 Å². The first-order valence-electron chi connectivity index (χ1n) is 6.12. The summed E-state index contributed by atoms with van der Waals surface area (Å²) in [7, 11) is 3.78. The van der Waals surface area contributed by atoms with Crippen LogP contribution in [0.1, 0.15) is 10.4 Å².